The van der Waals surface area contributed by atoms with Crippen molar-refractivity contribution in [3.8, 4) is 0 Å². The topological polar surface area (TPSA) is 66.5 Å². The van der Waals surface area contributed by atoms with E-state index in [0.29, 0.717) is 25.0 Å². The van der Waals surface area contributed by atoms with E-state index in [1.165, 1.54) is 13.8 Å². The average molecular weight is 274 g/mol. The van der Waals surface area contributed by atoms with Gasteiger partial charge in [0.1, 0.15) is 4.75 Å². The van der Waals surface area contributed by atoms with Crippen LogP contribution in [0, 0.1) is 5.92 Å². The number of hydrogen-bond acceptors (Lipinski definition) is 4. The highest BCUT2D eigenvalue weighted by molar-refractivity contribution is 7.92. The van der Waals surface area contributed by atoms with Crippen molar-refractivity contribution in [3.05, 3.63) is 0 Å². The van der Waals surface area contributed by atoms with Crippen molar-refractivity contribution < 1.29 is 13.2 Å². The smallest absolute Gasteiger partial charge is 0.243 e. The van der Waals surface area contributed by atoms with Gasteiger partial charge in [0.25, 0.3) is 0 Å². The van der Waals surface area contributed by atoms with Crippen LogP contribution in [0.25, 0.3) is 0 Å². The number of hydrogen-bond donors (Lipinski definition) is 1. The molecule has 5 nitrogen and oxygen atoms in total. The maximum atomic E-state index is 12.4. The van der Waals surface area contributed by atoms with E-state index >= 15 is 0 Å². The Kier molecular flexibility index (Phi) is 3.44. The zero-order chi connectivity index (χ0) is 13.6. The van der Waals surface area contributed by atoms with Gasteiger partial charge in [-0.3, -0.25) is 4.79 Å². The first-order valence-corrected chi connectivity index (χ1v) is 8.35. The third-order valence-corrected chi connectivity index (χ3v) is 6.41. The Hall–Kier alpha value is -0.620. The molecular formula is C12H22N2O3S. The van der Waals surface area contributed by atoms with E-state index in [0.717, 1.165) is 25.6 Å². The second kappa shape index (κ2) is 4.49. The van der Waals surface area contributed by atoms with Crippen LogP contribution in [-0.4, -0.2) is 55.9 Å². The highest BCUT2D eigenvalue weighted by atomic mass is 32.2. The summed E-state index contributed by atoms with van der Waals surface area (Å²) in [6.45, 7) is 5.36. The summed E-state index contributed by atoms with van der Waals surface area (Å²) in [6.07, 6.45) is 3.14. The van der Waals surface area contributed by atoms with Crippen molar-refractivity contribution in [1.82, 2.24) is 10.2 Å². The van der Waals surface area contributed by atoms with E-state index in [2.05, 4.69) is 5.32 Å². The van der Waals surface area contributed by atoms with Crippen LogP contribution in [0.4, 0.5) is 0 Å². The number of amides is 1. The molecule has 2 atom stereocenters. The summed E-state index contributed by atoms with van der Waals surface area (Å²) >= 11 is 0. The lowest BCUT2D eigenvalue weighted by molar-refractivity contribution is -0.135. The number of carbonyl (C=O) groups excluding carboxylic acids is 1. The number of sulfone groups is 1. The maximum absolute atomic E-state index is 12.4. The second-order valence-electron chi connectivity index (χ2n) is 5.93. The van der Waals surface area contributed by atoms with Gasteiger partial charge in [0.05, 0.1) is 0 Å². The SMILES string of the molecule is CC(C)(C(=O)N1CCC2NCCC2C1)S(C)(=O)=O. The summed E-state index contributed by atoms with van der Waals surface area (Å²) in [6, 6.07) is 0.510. The van der Waals surface area contributed by atoms with E-state index in [9.17, 15) is 13.2 Å². The van der Waals surface area contributed by atoms with Gasteiger partial charge in [-0.05, 0) is 39.2 Å². The minimum absolute atomic E-state index is 0.254. The molecule has 0 aromatic rings. The molecule has 0 aromatic carbocycles. The Morgan fingerprint density at radius 1 is 1.33 bits per heavy atom. The highest BCUT2D eigenvalue weighted by Crippen LogP contribution is 2.27. The Morgan fingerprint density at radius 3 is 2.61 bits per heavy atom. The van der Waals surface area contributed by atoms with Gasteiger partial charge in [0.2, 0.25) is 5.91 Å². The molecule has 0 saturated carbocycles. The van der Waals surface area contributed by atoms with Crippen molar-refractivity contribution in [3.63, 3.8) is 0 Å². The highest BCUT2D eigenvalue weighted by Gasteiger charge is 2.44. The molecule has 0 aromatic heterocycles. The molecule has 2 rings (SSSR count). The Labute approximate surface area is 109 Å². The van der Waals surface area contributed by atoms with Crippen molar-refractivity contribution in [1.29, 1.82) is 0 Å². The zero-order valence-corrected chi connectivity index (χ0v) is 12.1. The molecular weight excluding hydrogens is 252 g/mol. The molecule has 2 aliphatic heterocycles. The van der Waals surface area contributed by atoms with Crippen molar-refractivity contribution in [2.24, 2.45) is 5.92 Å². The fourth-order valence-corrected chi connectivity index (χ4v) is 3.22. The molecule has 18 heavy (non-hydrogen) atoms. The van der Waals surface area contributed by atoms with Crippen molar-refractivity contribution in [2.75, 3.05) is 25.9 Å². The molecule has 2 unspecified atom stereocenters. The van der Waals surface area contributed by atoms with E-state index in [-0.39, 0.29) is 5.91 Å². The number of likely N-dealkylation sites (tertiary alicyclic amines) is 1. The molecule has 1 N–H and O–H groups in total. The Bertz CT molecular complexity index is 444. The number of nitrogens with one attached hydrogen (secondary N) is 1. The van der Waals surface area contributed by atoms with Gasteiger partial charge in [-0.1, -0.05) is 0 Å². The third kappa shape index (κ3) is 2.28. The van der Waals surface area contributed by atoms with Gasteiger partial charge >= 0.3 is 0 Å². The number of carbonyl (C=O) groups is 1. The molecule has 6 heteroatoms. The van der Waals surface area contributed by atoms with E-state index < -0.39 is 14.6 Å². The quantitative estimate of drug-likeness (QED) is 0.771. The molecule has 2 aliphatic rings. The van der Waals surface area contributed by atoms with Crippen LogP contribution in [0.5, 0.6) is 0 Å². The molecule has 1 amide bonds. The first-order chi connectivity index (χ1) is 8.23. The fourth-order valence-electron chi connectivity index (χ4n) is 2.77. The summed E-state index contributed by atoms with van der Waals surface area (Å²) < 4.78 is 22.1. The van der Waals surface area contributed by atoms with Gasteiger partial charge in [-0.25, -0.2) is 8.42 Å². The number of piperidine rings is 1. The van der Waals surface area contributed by atoms with Gasteiger partial charge in [-0.2, -0.15) is 0 Å². The summed E-state index contributed by atoms with van der Waals surface area (Å²) in [4.78, 5) is 14.1. The first-order valence-electron chi connectivity index (χ1n) is 6.46. The lowest BCUT2D eigenvalue weighted by atomic mass is 9.92. The lowest BCUT2D eigenvalue weighted by Crippen LogP contribution is -2.55. The van der Waals surface area contributed by atoms with Crippen molar-refractivity contribution >= 4 is 15.7 Å². The second-order valence-corrected chi connectivity index (χ2v) is 8.50. The van der Waals surface area contributed by atoms with Gasteiger partial charge < -0.3 is 10.2 Å². The van der Waals surface area contributed by atoms with E-state index in [1.54, 1.807) is 4.90 Å². The summed E-state index contributed by atoms with van der Waals surface area (Å²) in [7, 11) is -3.38. The van der Waals surface area contributed by atoms with Crippen LogP contribution in [0.3, 0.4) is 0 Å². The van der Waals surface area contributed by atoms with Gasteiger partial charge in [-0.15, -0.1) is 0 Å². The molecule has 0 aliphatic carbocycles. The largest absolute Gasteiger partial charge is 0.341 e. The maximum Gasteiger partial charge on any atom is 0.243 e. The van der Waals surface area contributed by atoms with Crippen LogP contribution >= 0.6 is 0 Å². The zero-order valence-electron chi connectivity index (χ0n) is 11.3. The molecule has 2 saturated heterocycles. The van der Waals surface area contributed by atoms with Crippen LogP contribution in [0.1, 0.15) is 26.7 Å². The molecule has 0 radical (unpaired) electrons. The van der Waals surface area contributed by atoms with Gasteiger partial charge in [0, 0.05) is 25.4 Å². The standard InChI is InChI=1S/C12H22N2O3S/c1-12(2,18(3,16)17)11(15)14-7-5-10-9(8-14)4-6-13-10/h9-10,13H,4-8H2,1-3H3. The predicted octanol–water partition coefficient (Wildman–Crippen LogP) is 0.0200. The van der Waals surface area contributed by atoms with Gasteiger partial charge in [0.15, 0.2) is 9.84 Å². The molecule has 2 heterocycles. The summed E-state index contributed by atoms with van der Waals surface area (Å²) in [5.74, 6) is 0.230. The summed E-state index contributed by atoms with van der Waals surface area (Å²) in [5, 5.41) is 3.43. The molecule has 2 fully saturated rings. The Morgan fingerprint density at radius 2 is 2.00 bits per heavy atom. The molecule has 0 spiro atoms. The first kappa shape index (κ1) is 13.8. The monoisotopic (exact) mass is 274 g/mol. The number of fused-ring (bicyclic) bond motifs is 1. The third-order valence-electron chi connectivity index (χ3n) is 4.38. The minimum atomic E-state index is -3.38. The Balaban J connectivity index is 2.11. The van der Waals surface area contributed by atoms with E-state index in [1.807, 2.05) is 0 Å². The fraction of sp³-hybridized carbons (Fsp3) is 0.917. The predicted molar refractivity (Wildman–Crippen MR) is 70.0 cm³/mol. The van der Waals surface area contributed by atoms with Crippen LogP contribution in [0.15, 0.2) is 0 Å². The van der Waals surface area contributed by atoms with Crippen LogP contribution < -0.4 is 5.32 Å². The van der Waals surface area contributed by atoms with E-state index in [4.69, 9.17) is 0 Å². The normalized spacial score (nSPS) is 29.2. The summed E-state index contributed by atoms with van der Waals surface area (Å²) in [5.41, 5.74) is 0. The van der Waals surface area contributed by atoms with Crippen molar-refractivity contribution in [2.45, 2.75) is 37.5 Å². The minimum Gasteiger partial charge on any atom is -0.341 e. The molecule has 0 bridgehead atoms. The van der Waals surface area contributed by atoms with Crippen LogP contribution in [0.2, 0.25) is 0 Å². The van der Waals surface area contributed by atoms with Crippen LogP contribution in [-0.2, 0) is 14.6 Å². The average Bonchev–Trinajstić information content (AvgIpc) is 2.73. The molecule has 104 valence electrons. The number of rotatable bonds is 2. The lowest BCUT2D eigenvalue weighted by Gasteiger charge is -2.38. The number of nitrogens with zero attached hydrogens (tertiary/aromatic N) is 1.